The Morgan fingerprint density at radius 1 is 0.750 bits per heavy atom. The molecule has 16 heavy (non-hydrogen) atoms. The minimum atomic E-state index is 0.871. The van der Waals surface area contributed by atoms with Gasteiger partial charge in [-0.1, -0.05) is 83.3 Å². The van der Waals surface area contributed by atoms with E-state index in [1.807, 2.05) is 0 Å². The molecule has 0 aliphatic carbocycles. The molecule has 0 fully saturated rings. The summed E-state index contributed by atoms with van der Waals surface area (Å²) < 4.78 is 0.871. The van der Waals surface area contributed by atoms with E-state index in [1.165, 1.54) is 70.6 Å². The van der Waals surface area contributed by atoms with Gasteiger partial charge in [0, 0.05) is 4.20 Å². The van der Waals surface area contributed by atoms with Gasteiger partial charge in [-0.25, -0.2) is 0 Å². The standard InChI is InChI=1S/C14H28S2/c1-2-3-4-5-6-7-8-9-10-11-12-13-14(15)16/h2-13H2,1H3,(H,15,16). The van der Waals surface area contributed by atoms with E-state index < -0.39 is 0 Å². The van der Waals surface area contributed by atoms with Crippen LogP contribution in [0.5, 0.6) is 0 Å². The van der Waals surface area contributed by atoms with E-state index in [0.717, 1.165) is 10.6 Å². The van der Waals surface area contributed by atoms with Crippen LogP contribution in [0.25, 0.3) is 0 Å². The van der Waals surface area contributed by atoms with Crippen LogP contribution >= 0.6 is 24.8 Å². The van der Waals surface area contributed by atoms with Gasteiger partial charge in [0.1, 0.15) is 0 Å². The van der Waals surface area contributed by atoms with Gasteiger partial charge in [-0.15, -0.1) is 12.6 Å². The lowest BCUT2D eigenvalue weighted by molar-refractivity contribution is 0.552. The van der Waals surface area contributed by atoms with Crippen LogP contribution in [0.1, 0.15) is 84.0 Å². The fraction of sp³-hybridized carbons (Fsp3) is 0.929. The van der Waals surface area contributed by atoms with Crippen LogP contribution in [0.4, 0.5) is 0 Å². The molecule has 0 radical (unpaired) electrons. The third kappa shape index (κ3) is 14.4. The number of thiol groups is 1. The zero-order valence-corrected chi connectivity index (χ0v) is 12.6. The third-order valence-electron chi connectivity index (χ3n) is 2.99. The molecule has 0 aliphatic heterocycles. The molecule has 0 heterocycles. The number of unbranched alkanes of at least 4 members (excludes halogenated alkanes) is 10. The van der Waals surface area contributed by atoms with Crippen LogP contribution in [0.15, 0.2) is 0 Å². The summed E-state index contributed by atoms with van der Waals surface area (Å²) in [6.45, 7) is 2.27. The Hall–Kier alpha value is 0.440. The van der Waals surface area contributed by atoms with Crippen molar-refractivity contribution in [1.82, 2.24) is 0 Å². The lowest BCUT2D eigenvalue weighted by Crippen LogP contribution is -1.85. The second kappa shape index (κ2) is 13.5. The van der Waals surface area contributed by atoms with E-state index in [1.54, 1.807) is 0 Å². The van der Waals surface area contributed by atoms with Gasteiger partial charge in [0.15, 0.2) is 0 Å². The predicted octanol–water partition coefficient (Wildman–Crippen LogP) is 5.94. The molecule has 0 saturated heterocycles. The molecule has 0 atom stereocenters. The lowest BCUT2D eigenvalue weighted by Gasteiger charge is -2.02. The Morgan fingerprint density at radius 2 is 1.12 bits per heavy atom. The highest BCUT2D eigenvalue weighted by molar-refractivity contribution is 8.11. The highest BCUT2D eigenvalue weighted by Gasteiger charge is 1.93. The molecule has 0 spiro atoms. The summed E-state index contributed by atoms with van der Waals surface area (Å²) in [5, 5.41) is 0. The van der Waals surface area contributed by atoms with Crippen molar-refractivity contribution in [2.45, 2.75) is 84.0 Å². The van der Waals surface area contributed by atoms with E-state index >= 15 is 0 Å². The van der Waals surface area contributed by atoms with Crippen LogP contribution < -0.4 is 0 Å². The maximum Gasteiger partial charge on any atom is 0.0448 e. The van der Waals surface area contributed by atoms with Crippen LogP contribution in [0.2, 0.25) is 0 Å². The topological polar surface area (TPSA) is 0 Å². The third-order valence-corrected chi connectivity index (χ3v) is 3.42. The summed E-state index contributed by atoms with van der Waals surface area (Å²) in [7, 11) is 0. The zero-order chi connectivity index (χ0) is 12.1. The number of rotatable bonds is 12. The number of hydrogen-bond acceptors (Lipinski definition) is 1. The lowest BCUT2D eigenvalue weighted by atomic mass is 10.1. The van der Waals surface area contributed by atoms with Crippen molar-refractivity contribution in [2.75, 3.05) is 0 Å². The van der Waals surface area contributed by atoms with E-state index in [-0.39, 0.29) is 0 Å². The van der Waals surface area contributed by atoms with Crippen LogP contribution in [-0.2, 0) is 0 Å². The minimum absolute atomic E-state index is 0.871. The maximum atomic E-state index is 4.93. The SMILES string of the molecule is CCCCCCCCCCCCCC(=S)S. The Bertz CT molecular complexity index is 155. The summed E-state index contributed by atoms with van der Waals surface area (Å²) in [5.74, 6) is 0. The van der Waals surface area contributed by atoms with Crippen molar-refractivity contribution in [3.8, 4) is 0 Å². The average Bonchev–Trinajstić information content (AvgIpc) is 2.25. The molecule has 0 bridgehead atoms. The molecule has 0 amide bonds. The smallest absolute Gasteiger partial charge is 0.0448 e. The highest BCUT2D eigenvalue weighted by atomic mass is 32.1. The fourth-order valence-electron chi connectivity index (χ4n) is 1.94. The number of thiocarbonyl (C=S) groups is 1. The maximum absolute atomic E-state index is 4.93. The molecule has 0 nitrogen and oxygen atoms in total. The first-order valence-electron chi connectivity index (χ1n) is 6.99. The Morgan fingerprint density at radius 3 is 1.50 bits per heavy atom. The summed E-state index contributed by atoms with van der Waals surface area (Å²) in [4.78, 5) is 0. The molecule has 0 rings (SSSR count). The molecule has 0 aliphatic rings. The van der Waals surface area contributed by atoms with Crippen LogP contribution in [0, 0.1) is 0 Å². The van der Waals surface area contributed by atoms with Gasteiger partial charge in [-0.05, 0) is 12.8 Å². The molecular weight excluding hydrogens is 232 g/mol. The van der Waals surface area contributed by atoms with Crippen molar-refractivity contribution in [3.63, 3.8) is 0 Å². The Labute approximate surface area is 113 Å². The second-order valence-corrected chi connectivity index (χ2v) is 6.01. The van der Waals surface area contributed by atoms with E-state index in [2.05, 4.69) is 19.6 Å². The molecule has 0 aromatic heterocycles. The Balaban J connectivity index is 2.90. The molecule has 0 aromatic rings. The average molecular weight is 261 g/mol. The normalized spacial score (nSPS) is 10.6. The number of hydrogen-bond donors (Lipinski definition) is 1. The summed E-state index contributed by atoms with van der Waals surface area (Å²) in [6, 6.07) is 0. The van der Waals surface area contributed by atoms with Gasteiger partial charge in [0.05, 0.1) is 0 Å². The quantitative estimate of drug-likeness (QED) is 0.257. The first-order chi connectivity index (χ1) is 7.77. The van der Waals surface area contributed by atoms with E-state index in [0.29, 0.717) is 0 Å². The fourth-order valence-corrected chi connectivity index (χ4v) is 2.24. The molecular formula is C14H28S2. The molecule has 96 valence electrons. The largest absolute Gasteiger partial charge is 0.136 e. The predicted molar refractivity (Wildman–Crippen MR) is 82.7 cm³/mol. The molecule has 2 heteroatoms. The first-order valence-corrected chi connectivity index (χ1v) is 7.84. The van der Waals surface area contributed by atoms with Gasteiger partial charge >= 0.3 is 0 Å². The molecule has 0 unspecified atom stereocenters. The summed E-state index contributed by atoms with van der Waals surface area (Å²) in [6.07, 6.45) is 16.4. The van der Waals surface area contributed by atoms with Crippen LogP contribution in [-0.4, -0.2) is 4.20 Å². The van der Waals surface area contributed by atoms with E-state index in [4.69, 9.17) is 12.2 Å². The van der Waals surface area contributed by atoms with Gasteiger partial charge in [-0.2, -0.15) is 0 Å². The van der Waals surface area contributed by atoms with Crippen molar-refractivity contribution in [2.24, 2.45) is 0 Å². The molecule has 0 aromatic carbocycles. The second-order valence-electron chi connectivity index (χ2n) is 4.68. The van der Waals surface area contributed by atoms with Crippen molar-refractivity contribution in [3.05, 3.63) is 0 Å². The van der Waals surface area contributed by atoms with Gasteiger partial charge < -0.3 is 0 Å². The molecule has 0 N–H and O–H groups in total. The van der Waals surface area contributed by atoms with Crippen LogP contribution in [0.3, 0.4) is 0 Å². The van der Waals surface area contributed by atoms with Crippen molar-refractivity contribution >= 4 is 29.0 Å². The first kappa shape index (κ1) is 16.4. The van der Waals surface area contributed by atoms with Gasteiger partial charge in [0.25, 0.3) is 0 Å². The summed E-state index contributed by atoms with van der Waals surface area (Å²) >= 11 is 9.06. The van der Waals surface area contributed by atoms with Gasteiger partial charge in [-0.3, -0.25) is 0 Å². The monoisotopic (exact) mass is 260 g/mol. The Kier molecular flexibility index (Phi) is 13.9. The highest BCUT2D eigenvalue weighted by Crippen LogP contribution is 2.12. The zero-order valence-electron chi connectivity index (χ0n) is 10.8. The summed E-state index contributed by atoms with van der Waals surface area (Å²) in [5.41, 5.74) is 0. The molecule has 0 saturated carbocycles. The van der Waals surface area contributed by atoms with E-state index in [9.17, 15) is 0 Å². The van der Waals surface area contributed by atoms with Gasteiger partial charge in [0.2, 0.25) is 0 Å². The minimum Gasteiger partial charge on any atom is -0.136 e. The van der Waals surface area contributed by atoms with Crippen molar-refractivity contribution < 1.29 is 0 Å². The van der Waals surface area contributed by atoms with Crippen molar-refractivity contribution in [1.29, 1.82) is 0 Å².